The van der Waals surface area contributed by atoms with Crippen molar-refractivity contribution in [2.75, 3.05) is 44.3 Å². The molecule has 2 amide bonds. The van der Waals surface area contributed by atoms with Gasteiger partial charge in [-0.15, -0.1) is 0 Å². The van der Waals surface area contributed by atoms with Crippen molar-refractivity contribution < 1.29 is 24.5 Å². The minimum atomic E-state index is -1.40. The van der Waals surface area contributed by atoms with Crippen molar-refractivity contribution in [2.45, 2.75) is 43.9 Å². The summed E-state index contributed by atoms with van der Waals surface area (Å²) in [6.07, 6.45) is 2.03. The molecule has 0 radical (unpaired) electrons. The van der Waals surface area contributed by atoms with Gasteiger partial charge in [0.05, 0.1) is 30.6 Å². The van der Waals surface area contributed by atoms with Crippen LogP contribution in [0.2, 0.25) is 0 Å². The summed E-state index contributed by atoms with van der Waals surface area (Å²) in [4.78, 5) is 41.0. The lowest BCUT2D eigenvalue weighted by Gasteiger charge is -2.34. The van der Waals surface area contributed by atoms with E-state index in [1.165, 1.54) is 11.2 Å². The second-order valence-corrected chi connectivity index (χ2v) is 10.1. The van der Waals surface area contributed by atoms with Gasteiger partial charge in [-0.25, -0.2) is 4.98 Å². The highest BCUT2D eigenvalue weighted by Crippen LogP contribution is 2.34. The molecule has 0 spiro atoms. The highest BCUT2D eigenvalue weighted by molar-refractivity contribution is 5.94. The number of carbonyl (C=O) groups excluding carboxylic acids is 2. The summed E-state index contributed by atoms with van der Waals surface area (Å²) in [5.74, 6) is 0.507. The van der Waals surface area contributed by atoms with Crippen molar-refractivity contribution >= 4 is 34.7 Å². The predicted octanol–water partition coefficient (Wildman–Crippen LogP) is 0.191. The third-order valence-electron chi connectivity index (χ3n) is 7.18. The average molecular weight is 525 g/mol. The van der Waals surface area contributed by atoms with Crippen LogP contribution in [-0.4, -0.2) is 95.8 Å². The standard InChI is InChI=1S/C25H32N8O5/c1-25(37)11-16(34)12-32(13-18(25)33-14-28-20-21(26)29-24(27)30-22(20)33)23(36)15-4-6-17(7-5-15)38-10-9-31-8-2-3-19(31)35/h4-7,14,16,18,34,37H,2-3,8-13H2,1H3,(H4,26,27,29,30)/t16-,18+,25+/m1/s1. The Morgan fingerprint density at radius 2 is 1.97 bits per heavy atom. The van der Waals surface area contributed by atoms with Crippen molar-refractivity contribution in [3.05, 3.63) is 36.2 Å². The number of likely N-dealkylation sites (tertiary alicyclic amines) is 2. The normalized spacial score (nSPS) is 24.1. The van der Waals surface area contributed by atoms with E-state index >= 15 is 0 Å². The Morgan fingerprint density at radius 1 is 1.21 bits per heavy atom. The summed E-state index contributed by atoms with van der Waals surface area (Å²) in [6.45, 7) is 3.38. The SMILES string of the molecule is C[C@]1(O)C[C@@H](O)CN(C(=O)c2ccc(OCCN3CCCC3=O)cc2)C[C@@H]1n1cnc2c(N)nc(N)nc21. The highest BCUT2D eigenvalue weighted by atomic mass is 16.5. The van der Waals surface area contributed by atoms with Crippen molar-refractivity contribution in [3.8, 4) is 5.75 Å². The van der Waals surface area contributed by atoms with Crippen LogP contribution in [0.15, 0.2) is 30.6 Å². The average Bonchev–Trinajstić information content (AvgIpc) is 3.44. The van der Waals surface area contributed by atoms with Gasteiger partial charge in [-0.2, -0.15) is 9.97 Å². The van der Waals surface area contributed by atoms with Crippen LogP contribution in [0, 0.1) is 0 Å². The second-order valence-electron chi connectivity index (χ2n) is 10.1. The summed E-state index contributed by atoms with van der Waals surface area (Å²) < 4.78 is 7.38. The third kappa shape index (κ3) is 5.07. The zero-order chi connectivity index (χ0) is 27.0. The van der Waals surface area contributed by atoms with Gasteiger partial charge >= 0.3 is 0 Å². The molecule has 2 saturated heterocycles. The summed E-state index contributed by atoms with van der Waals surface area (Å²) in [6, 6.07) is 6.02. The number of hydrogen-bond donors (Lipinski definition) is 4. The minimum absolute atomic E-state index is 0.0312. The summed E-state index contributed by atoms with van der Waals surface area (Å²) in [5.41, 5.74) is 11.4. The van der Waals surface area contributed by atoms with Crippen LogP contribution in [0.4, 0.5) is 11.8 Å². The van der Waals surface area contributed by atoms with Gasteiger partial charge in [0.2, 0.25) is 11.9 Å². The zero-order valence-corrected chi connectivity index (χ0v) is 21.2. The quantitative estimate of drug-likeness (QED) is 0.347. The van der Waals surface area contributed by atoms with E-state index in [2.05, 4.69) is 15.0 Å². The first-order valence-corrected chi connectivity index (χ1v) is 12.6. The van der Waals surface area contributed by atoms with Crippen LogP contribution in [0.25, 0.3) is 11.2 Å². The molecular weight excluding hydrogens is 492 g/mol. The maximum absolute atomic E-state index is 13.5. The van der Waals surface area contributed by atoms with E-state index in [9.17, 15) is 19.8 Å². The smallest absolute Gasteiger partial charge is 0.254 e. The van der Waals surface area contributed by atoms with E-state index < -0.39 is 17.7 Å². The van der Waals surface area contributed by atoms with Gasteiger partial charge in [-0.1, -0.05) is 0 Å². The molecule has 0 saturated carbocycles. The Balaban J connectivity index is 1.33. The maximum atomic E-state index is 13.5. The molecule has 0 aliphatic carbocycles. The van der Waals surface area contributed by atoms with Crippen molar-refractivity contribution in [3.63, 3.8) is 0 Å². The van der Waals surface area contributed by atoms with E-state index in [4.69, 9.17) is 16.2 Å². The Morgan fingerprint density at radius 3 is 2.68 bits per heavy atom. The number of aliphatic hydroxyl groups is 2. The molecule has 38 heavy (non-hydrogen) atoms. The molecule has 3 aromatic rings. The fourth-order valence-corrected chi connectivity index (χ4v) is 5.24. The van der Waals surface area contributed by atoms with E-state index in [0.717, 1.165) is 13.0 Å². The van der Waals surface area contributed by atoms with Crippen molar-refractivity contribution in [1.29, 1.82) is 0 Å². The Kier molecular flexibility index (Phi) is 6.80. The lowest BCUT2D eigenvalue weighted by molar-refractivity contribution is -0.128. The van der Waals surface area contributed by atoms with Gasteiger partial charge in [-0.05, 0) is 37.6 Å². The number of imidazole rings is 1. The largest absolute Gasteiger partial charge is 0.492 e. The highest BCUT2D eigenvalue weighted by Gasteiger charge is 2.42. The van der Waals surface area contributed by atoms with Crippen LogP contribution in [0.3, 0.4) is 0 Å². The first-order valence-electron chi connectivity index (χ1n) is 12.6. The molecule has 2 aromatic heterocycles. The van der Waals surface area contributed by atoms with Gasteiger partial charge < -0.3 is 40.8 Å². The molecule has 2 aliphatic rings. The van der Waals surface area contributed by atoms with Crippen molar-refractivity contribution in [1.82, 2.24) is 29.3 Å². The zero-order valence-electron chi connectivity index (χ0n) is 21.2. The maximum Gasteiger partial charge on any atom is 0.254 e. The van der Waals surface area contributed by atoms with Gasteiger partial charge in [0.1, 0.15) is 17.9 Å². The van der Waals surface area contributed by atoms with Gasteiger partial charge in [-0.3, -0.25) is 9.59 Å². The Labute approximate surface area is 219 Å². The number of hydrogen-bond acceptors (Lipinski definition) is 10. The first-order chi connectivity index (χ1) is 18.1. The number of carbonyl (C=O) groups is 2. The lowest BCUT2D eigenvalue weighted by Crippen LogP contribution is -2.42. The number of nitrogen functional groups attached to an aromatic ring is 2. The Bertz CT molecular complexity index is 1340. The Hall–Kier alpha value is -3.97. The summed E-state index contributed by atoms with van der Waals surface area (Å²) in [7, 11) is 0. The van der Waals surface area contributed by atoms with E-state index in [1.54, 1.807) is 40.7 Å². The molecule has 202 valence electrons. The summed E-state index contributed by atoms with van der Waals surface area (Å²) >= 11 is 0. The monoisotopic (exact) mass is 524 g/mol. The molecule has 1 aromatic carbocycles. The molecule has 2 aliphatic heterocycles. The van der Waals surface area contributed by atoms with Crippen LogP contribution < -0.4 is 16.2 Å². The first kappa shape index (κ1) is 25.7. The van der Waals surface area contributed by atoms with E-state index in [0.29, 0.717) is 42.0 Å². The van der Waals surface area contributed by atoms with Crippen LogP contribution >= 0.6 is 0 Å². The topological polar surface area (TPSA) is 186 Å². The number of rotatable bonds is 6. The third-order valence-corrected chi connectivity index (χ3v) is 7.18. The van der Waals surface area contributed by atoms with Crippen LogP contribution in [0.1, 0.15) is 42.6 Å². The number of anilines is 2. The summed E-state index contributed by atoms with van der Waals surface area (Å²) in [5, 5.41) is 22.0. The molecule has 5 rings (SSSR count). The number of β-amino-alcohol motifs (C(OH)–C–C–N with tert-alkyl or cyclic N) is 1. The number of nitrogens with two attached hydrogens (primary N) is 2. The molecule has 0 bridgehead atoms. The van der Waals surface area contributed by atoms with Gasteiger partial charge in [0.25, 0.3) is 5.91 Å². The van der Waals surface area contributed by atoms with Crippen molar-refractivity contribution in [2.24, 2.45) is 0 Å². The molecule has 4 heterocycles. The number of benzene rings is 1. The molecule has 6 N–H and O–H groups in total. The van der Waals surface area contributed by atoms with E-state index in [-0.39, 0.29) is 43.1 Å². The molecule has 3 atom stereocenters. The lowest BCUT2D eigenvalue weighted by atomic mass is 9.91. The van der Waals surface area contributed by atoms with Crippen LogP contribution in [0.5, 0.6) is 5.75 Å². The van der Waals surface area contributed by atoms with Gasteiger partial charge in [0, 0.05) is 38.0 Å². The fraction of sp³-hybridized carbons (Fsp3) is 0.480. The number of aliphatic hydroxyl groups excluding tert-OH is 1. The molecule has 0 unspecified atom stereocenters. The number of ether oxygens (including phenoxy) is 1. The molecule has 13 nitrogen and oxygen atoms in total. The molecular formula is C25H32N8O5. The number of nitrogens with zero attached hydrogens (tertiary/aromatic N) is 6. The fourth-order valence-electron chi connectivity index (χ4n) is 5.24. The number of aromatic nitrogens is 4. The van der Waals surface area contributed by atoms with E-state index in [1.807, 2.05) is 0 Å². The molecule has 2 fully saturated rings. The predicted molar refractivity (Wildman–Crippen MR) is 138 cm³/mol. The molecule has 13 heteroatoms. The van der Waals surface area contributed by atoms with Gasteiger partial charge in [0.15, 0.2) is 11.5 Å². The number of amides is 2. The second kappa shape index (κ2) is 10.1. The number of fused-ring (bicyclic) bond motifs is 1. The van der Waals surface area contributed by atoms with Crippen LogP contribution in [-0.2, 0) is 4.79 Å². The minimum Gasteiger partial charge on any atom is -0.492 e.